The Morgan fingerprint density at radius 3 is 2.52 bits per heavy atom. The number of benzene rings is 1. The number of methoxy groups -OCH3 is 1. The summed E-state index contributed by atoms with van der Waals surface area (Å²) in [5.74, 6) is 0.732. The minimum absolute atomic E-state index is 0.290. The van der Waals surface area contributed by atoms with Gasteiger partial charge in [-0.25, -0.2) is 15.0 Å². The summed E-state index contributed by atoms with van der Waals surface area (Å²) in [5.41, 5.74) is 3.16. The van der Waals surface area contributed by atoms with Gasteiger partial charge in [0.05, 0.1) is 7.11 Å². The molecule has 8 nitrogen and oxygen atoms in total. The first kappa shape index (κ1) is 18.3. The third kappa shape index (κ3) is 3.68. The SMILES string of the molecule is COc1cc(-c2cncnc2)cnc1NC(=O)c1c(-c2ccccc2)noc1C. The molecule has 3 aromatic heterocycles. The molecule has 0 aliphatic heterocycles. The molecule has 0 saturated heterocycles. The van der Waals surface area contributed by atoms with Gasteiger partial charge in [0.1, 0.15) is 23.3 Å². The van der Waals surface area contributed by atoms with Crippen LogP contribution < -0.4 is 10.1 Å². The molecular weight excluding hydrogens is 370 g/mol. The predicted octanol–water partition coefficient (Wildman–Crippen LogP) is 3.76. The van der Waals surface area contributed by atoms with Gasteiger partial charge in [-0.2, -0.15) is 0 Å². The van der Waals surface area contributed by atoms with E-state index in [0.29, 0.717) is 22.8 Å². The summed E-state index contributed by atoms with van der Waals surface area (Å²) in [6, 6.07) is 11.1. The highest BCUT2D eigenvalue weighted by molar-refractivity contribution is 6.09. The maximum Gasteiger partial charge on any atom is 0.262 e. The topological polar surface area (TPSA) is 103 Å². The second kappa shape index (κ2) is 7.89. The summed E-state index contributed by atoms with van der Waals surface area (Å²) in [4.78, 5) is 25.3. The molecule has 0 aliphatic rings. The largest absolute Gasteiger partial charge is 0.493 e. The molecule has 1 N–H and O–H groups in total. The van der Waals surface area contributed by atoms with Crippen LogP contribution in [0.4, 0.5) is 5.82 Å². The Kier molecular flexibility index (Phi) is 4.98. The van der Waals surface area contributed by atoms with Gasteiger partial charge in [-0.15, -0.1) is 0 Å². The Labute approximate surface area is 166 Å². The molecule has 1 aromatic carbocycles. The number of hydrogen-bond donors (Lipinski definition) is 1. The third-order valence-electron chi connectivity index (χ3n) is 4.34. The molecule has 0 fully saturated rings. The van der Waals surface area contributed by atoms with E-state index in [2.05, 4.69) is 25.4 Å². The second-order valence-electron chi connectivity index (χ2n) is 6.18. The lowest BCUT2D eigenvalue weighted by molar-refractivity contribution is 0.102. The number of carbonyl (C=O) groups is 1. The molecule has 0 saturated carbocycles. The molecule has 1 amide bonds. The number of anilines is 1. The molecule has 0 bridgehead atoms. The minimum Gasteiger partial charge on any atom is -0.493 e. The predicted molar refractivity (Wildman–Crippen MR) is 106 cm³/mol. The van der Waals surface area contributed by atoms with Crippen LogP contribution in [0.5, 0.6) is 5.75 Å². The van der Waals surface area contributed by atoms with Crippen molar-refractivity contribution in [3.05, 3.63) is 72.6 Å². The van der Waals surface area contributed by atoms with Gasteiger partial charge in [-0.1, -0.05) is 35.5 Å². The molecule has 29 heavy (non-hydrogen) atoms. The first-order valence-electron chi connectivity index (χ1n) is 8.80. The van der Waals surface area contributed by atoms with Crippen LogP contribution in [-0.4, -0.2) is 33.1 Å². The highest BCUT2D eigenvalue weighted by atomic mass is 16.5. The number of aryl methyl sites for hydroxylation is 1. The van der Waals surface area contributed by atoms with Crippen LogP contribution in [0.1, 0.15) is 16.1 Å². The molecule has 0 unspecified atom stereocenters. The fourth-order valence-corrected chi connectivity index (χ4v) is 2.90. The zero-order valence-corrected chi connectivity index (χ0v) is 15.8. The summed E-state index contributed by atoms with van der Waals surface area (Å²) < 4.78 is 10.7. The van der Waals surface area contributed by atoms with E-state index in [1.165, 1.54) is 13.4 Å². The van der Waals surface area contributed by atoms with Gasteiger partial charge in [-0.05, 0) is 13.0 Å². The van der Waals surface area contributed by atoms with Gasteiger partial charge >= 0.3 is 0 Å². The summed E-state index contributed by atoms with van der Waals surface area (Å²) >= 11 is 0. The zero-order valence-electron chi connectivity index (χ0n) is 15.8. The Hall–Kier alpha value is -4.07. The monoisotopic (exact) mass is 387 g/mol. The van der Waals surface area contributed by atoms with E-state index in [9.17, 15) is 4.79 Å². The van der Waals surface area contributed by atoms with Crippen molar-refractivity contribution in [2.75, 3.05) is 12.4 Å². The number of ether oxygens (including phenoxy) is 1. The number of hydrogen-bond acceptors (Lipinski definition) is 7. The number of nitrogens with one attached hydrogen (secondary N) is 1. The van der Waals surface area contributed by atoms with Crippen molar-refractivity contribution in [2.45, 2.75) is 6.92 Å². The fourth-order valence-electron chi connectivity index (χ4n) is 2.90. The lowest BCUT2D eigenvalue weighted by Gasteiger charge is -2.11. The van der Waals surface area contributed by atoms with Crippen LogP contribution in [0.25, 0.3) is 22.4 Å². The standard InChI is InChI=1S/C21H17N5O3/c1-13-18(19(26-29-13)14-6-4-3-5-7-14)21(27)25-20-17(28-2)8-15(11-24-20)16-9-22-12-23-10-16/h3-12H,1-2H3,(H,24,25,27). The maximum atomic E-state index is 13.0. The molecular formula is C21H17N5O3. The summed E-state index contributed by atoms with van der Waals surface area (Å²) in [5, 5.41) is 6.83. The van der Waals surface area contributed by atoms with Crippen molar-refractivity contribution in [2.24, 2.45) is 0 Å². The molecule has 4 aromatic rings. The maximum absolute atomic E-state index is 13.0. The van der Waals surface area contributed by atoms with Crippen molar-refractivity contribution in [1.82, 2.24) is 20.1 Å². The summed E-state index contributed by atoms with van der Waals surface area (Å²) in [7, 11) is 1.51. The molecule has 0 aliphatic carbocycles. The first-order chi connectivity index (χ1) is 14.2. The van der Waals surface area contributed by atoms with Crippen LogP contribution in [0.2, 0.25) is 0 Å². The molecule has 3 heterocycles. The van der Waals surface area contributed by atoms with Gasteiger partial charge in [-0.3, -0.25) is 4.79 Å². The van der Waals surface area contributed by atoms with E-state index in [0.717, 1.165) is 16.7 Å². The third-order valence-corrected chi connectivity index (χ3v) is 4.34. The van der Waals surface area contributed by atoms with Crippen molar-refractivity contribution < 1.29 is 14.1 Å². The van der Waals surface area contributed by atoms with Crippen molar-refractivity contribution in [1.29, 1.82) is 0 Å². The summed E-state index contributed by atoms with van der Waals surface area (Å²) in [6.07, 6.45) is 6.42. The minimum atomic E-state index is -0.385. The van der Waals surface area contributed by atoms with E-state index >= 15 is 0 Å². The molecule has 0 spiro atoms. The first-order valence-corrected chi connectivity index (χ1v) is 8.80. The van der Waals surface area contributed by atoms with Gasteiger partial charge in [0.25, 0.3) is 5.91 Å². The van der Waals surface area contributed by atoms with Gasteiger partial charge in [0.15, 0.2) is 11.6 Å². The number of pyridine rings is 1. The second-order valence-corrected chi connectivity index (χ2v) is 6.18. The Balaban J connectivity index is 1.65. The van der Waals surface area contributed by atoms with Crippen LogP contribution >= 0.6 is 0 Å². The highest BCUT2D eigenvalue weighted by Crippen LogP contribution is 2.30. The Bertz CT molecular complexity index is 1140. The zero-order chi connectivity index (χ0) is 20.2. The van der Waals surface area contributed by atoms with E-state index < -0.39 is 0 Å². The highest BCUT2D eigenvalue weighted by Gasteiger charge is 2.23. The van der Waals surface area contributed by atoms with E-state index in [1.54, 1.807) is 31.6 Å². The quantitative estimate of drug-likeness (QED) is 0.556. The average molecular weight is 387 g/mol. The number of amides is 1. The number of aromatic nitrogens is 4. The van der Waals surface area contributed by atoms with Gasteiger partial charge in [0.2, 0.25) is 0 Å². The molecule has 144 valence electrons. The van der Waals surface area contributed by atoms with E-state index in [1.807, 2.05) is 30.3 Å². The van der Waals surface area contributed by atoms with Crippen molar-refractivity contribution in [3.8, 4) is 28.1 Å². The van der Waals surface area contributed by atoms with Crippen LogP contribution in [0.3, 0.4) is 0 Å². The Morgan fingerprint density at radius 2 is 1.79 bits per heavy atom. The molecule has 4 rings (SSSR count). The van der Waals surface area contributed by atoms with E-state index in [-0.39, 0.29) is 11.7 Å². The normalized spacial score (nSPS) is 10.6. The lowest BCUT2D eigenvalue weighted by atomic mass is 10.1. The number of carbonyl (C=O) groups excluding carboxylic acids is 1. The number of nitrogens with zero attached hydrogens (tertiary/aromatic N) is 4. The van der Waals surface area contributed by atoms with Crippen molar-refractivity contribution in [3.63, 3.8) is 0 Å². The van der Waals surface area contributed by atoms with Crippen LogP contribution in [0.15, 0.2) is 65.8 Å². The Morgan fingerprint density at radius 1 is 1.03 bits per heavy atom. The lowest BCUT2D eigenvalue weighted by Crippen LogP contribution is -2.15. The van der Waals surface area contributed by atoms with Crippen LogP contribution in [0, 0.1) is 6.92 Å². The van der Waals surface area contributed by atoms with Gasteiger partial charge < -0.3 is 14.6 Å². The smallest absolute Gasteiger partial charge is 0.262 e. The van der Waals surface area contributed by atoms with Crippen LogP contribution in [-0.2, 0) is 0 Å². The fraction of sp³-hybridized carbons (Fsp3) is 0.0952. The van der Waals surface area contributed by atoms with Crippen molar-refractivity contribution >= 4 is 11.7 Å². The number of rotatable bonds is 5. The van der Waals surface area contributed by atoms with Gasteiger partial charge in [0, 0.05) is 35.3 Å². The summed E-state index contributed by atoms with van der Waals surface area (Å²) in [6.45, 7) is 1.69. The van der Waals surface area contributed by atoms with E-state index in [4.69, 9.17) is 9.26 Å². The molecule has 0 radical (unpaired) electrons. The molecule has 0 atom stereocenters. The molecule has 8 heteroatoms. The average Bonchev–Trinajstić information content (AvgIpc) is 3.16.